The van der Waals surface area contributed by atoms with E-state index in [-0.39, 0.29) is 0 Å². The minimum atomic E-state index is 0.793. The van der Waals surface area contributed by atoms with Crippen LogP contribution in [0.4, 0.5) is 0 Å². The van der Waals surface area contributed by atoms with Gasteiger partial charge in [-0.3, -0.25) is 0 Å². The van der Waals surface area contributed by atoms with E-state index >= 15 is 0 Å². The smallest absolute Gasteiger partial charge is 0.0596 e. The van der Waals surface area contributed by atoms with Gasteiger partial charge in [-0.1, -0.05) is 0 Å². The van der Waals surface area contributed by atoms with Crippen molar-refractivity contribution in [1.29, 1.82) is 0 Å². The van der Waals surface area contributed by atoms with Crippen molar-refractivity contribution in [1.82, 2.24) is 0 Å². The van der Waals surface area contributed by atoms with Crippen molar-refractivity contribution >= 4 is 95.0 Å². The average Bonchev–Trinajstić information content (AvgIpc) is 3.08. The van der Waals surface area contributed by atoms with E-state index in [0.717, 1.165) is 25.4 Å². The van der Waals surface area contributed by atoms with Gasteiger partial charge in [0.15, 0.2) is 0 Å². The van der Waals surface area contributed by atoms with Crippen molar-refractivity contribution in [2.75, 3.05) is 45.9 Å². The van der Waals surface area contributed by atoms with Crippen molar-refractivity contribution in [2.45, 2.75) is 19.7 Å². The molecular weight excluding hydrogens is 401 g/mol. The SMILES string of the molecule is CSCC1CSC(CSCSCC2SCC(CS)S2)S1. The Kier molecular flexibility index (Phi) is 10.9. The molecule has 2 heterocycles. The summed E-state index contributed by atoms with van der Waals surface area (Å²) in [5.74, 6) is 7.68. The van der Waals surface area contributed by atoms with E-state index in [1.165, 1.54) is 33.8 Å². The van der Waals surface area contributed by atoms with Gasteiger partial charge in [-0.2, -0.15) is 24.4 Å². The summed E-state index contributed by atoms with van der Waals surface area (Å²) in [6.07, 6.45) is 2.22. The molecule has 2 aliphatic rings. The van der Waals surface area contributed by atoms with Gasteiger partial charge < -0.3 is 0 Å². The van der Waals surface area contributed by atoms with Crippen LogP contribution >= 0.6 is 95.0 Å². The van der Waals surface area contributed by atoms with Crippen LogP contribution in [0.3, 0.4) is 0 Å². The monoisotopic (exact) mass is 422 g/mol. The summed E-state index contributed by atoms with van der Waals surface area (Å²) in [4.78, 5) is 0. The van der Waals surface area contributed by atoms with Gasteiger partial charge in [-0.05, 0) is 6.26 Å². The topological polar surface area (TPSA) is 0 Å². The van der Waals surface area contributed by atoms with Crippen LogP contribution in [0.25, 0.3) is 0 Å². The van der Waals surface area contributed by atoms with Crippen molar-refractivity contribution in [3.05, 3.63) is 0 Å². The van der Waals surface area contributed by atoms with E-state index in [1.807, 2.05) is 11.8 Å². The molecule has 8 heteroatoms. The van der Waals surface area contributed by atoms with Crippen LogP contribution in [0.1, 0.15) is 0 Å². The van der Waals surface area contributed by atoms with Gasteiger partial charge in [0, 0.05) is 50.1 Å². The molecule has 4 unspecified atom stereocenters. The highest BCUT2D eigenvalue weighted by Crippen LogP contribution is 2.42. The second-order valence-corrected chi connectivity index (χ2v) is 14.3. The predicted molar refractivity (Wildman–Crippen MR) is 117 cm³/mol. The number of hydrogen-bond acceptors (Lipinski definition) is 8. The zero-order valence-electron chi connectivity index (χ0n) is 11.6. The second-order valence-electron chi connectivity index (χ2n) is 4.54. The third-order valence-electron chi connectivity index (χ3n) is 2.86. The Morgan fingerprint density at radius 2 is 1.55 bits per heavy atom. The van der Waals surface area contributed by atoms with Gasteiger partial charge in [0.1, 0.15) is 0 Å². The molecule has 0 aromatic rings. The van der Waals surface area contributed by atoms with Crippen LogP contribution in [0.15, 0.2) is 0 Å². The molecule has 0 radical (unpaired) electrons. The lowest BCUT2D eigenvalue weighted by Gasteiger charge is -2.10. The average molecular weight is 423 g/mol. The zero-order chi connectivity index (χ0) is 14.2. The van der Waals surface area contributed by atoms with Crippen LogP contribution < -0.4 is 0 Å². The van der Waals surface area contributed by atoms with Gasteiger partial charge in [-0.15, -0.1) is 70.6 Å². The van der Waals surface area contributed by atoms with Crippen molar-refractivity contribution < 1.29 is 0 Å². The minimum Gasteiger partial charge on any atom is -0.178 e. The molecule has 0 amide bonds. The fraction of sp³-hybridized carbons (Fsp3) is 1.00. The first-order valence-corrected chi connectivity index (χ1v) is 14.9. The van der Waals surface area contributed by atoms with Gasteiger partial charge in [0.2, 0.25) is 0 Å². The summed E-state index contributed by atoms with van der Waals surface area (Å²) in [7, 11) is 0. The Morgan fingerprint density at radius 1 is 0.950 bits per heavy atom. The Hall–Kier alpha value is 2.80. The summed E-state index contributed by atoms with van der Waals surface area (Å²) in [5.41, 5.74) is 0. The summed E-state index contributed by atoms with van der Waals surface area (Å²) >= 11 is 19.3. The van der Waals surface area contributed by atoms with E-state index in [9.17, 15) is 0 Å². The molecule has 2 rings (SSSR count). The highest BCUT2D eigenvalue weighted by molar-refractivity contribution is 8.24. The van der Waals surface area contributed by atoms with E-state index in [0.29, 0.717) is 0 Å². The molecule has 20 heavy (non-hydrogen) atoms. The Bertz CT molecular complexity index is 264. The summed E-state index contributed by atoms with van der Waals surface area (Å²) < 4.78 is 1.67. The number of rotatable bonds is 9. The van der Waals surface area contributed by atoms with Gasteiger partial charge in [-0.25, -0.2) is 0 Å². The van der Waals surface area contributed by atoms with Crippen molar-refractivity contribution in [3.8, 4) is 0 Å². The van der Waals surface area contributed by atoms with Crippen LogP contribution in [0.5, 0.6) is 0 Å². The van der Waals surface area contributed by atoms with E-state index < -0.39 is 0 Å². The van der Waals surface area contributed by atoms with Crippen molar-refractivity contribution in [2.24, 2.45) is 0 Å². The molecule has 0 nitrogen and oxygen atoms in total. The maximum absolute atomic E-state index is 4.40. The Morgan fingerprint density at radius 3 is 2.10 bits per heavy atom. The lowest BCUT2D eigenvalue weighted by atomic mass is 10.6. The third-order valence-corrected chi connectivity index (χ3v) is 14.4. The fourth-order valence-corrected chi connectivity index (χ4v) is 13.2. The number of hydrogen-bond donors (Lipinski definition) is 1. The normalized spacial score (nSPS) is 33.9. The maximum atomic E-state index is 4.40. The zero-order valence-corrected chi connectivity index (χ0v) is 18.2. The van der Waals surface area contributed by atoms with Crippen LogP contribution in [0.2, 0.25) is 0 Å². The first kappa shape index (κ1) is 19.1. The molecule has 0 aromatic heterocycles. The quantitative estimate of drug-likeness (QED) is 0.309. The molecule has 2 aliphatic heterocycles. The highest BCUT2D eigenvalue weighted by atomic mass is 32.2. The molecular formula is C12H22S8. The van der Waals surface area contributed by atoms with Gasteiger partial charge in [0.05, 0.1) is 9.16 Å². The Labute approximate surface area is 159 Å². The molecule has 0 bridgehead atoms. The van der Waals surface area contributed by atoms with Gasteiger partial charge in [0.25, 0.3) is 0 Å². The first-order valence-electron chi connectivity index (χ1n) is 6.61. The number of thioether (sulfide) groups is 7. The lowest BCUT2D eigenvalue weighted by molar-refractivity contribution is 1.17. The molecule has 0 N–H and O–H groups in total. The van der Waals surface area contributed by atoms with Crippen molar-refractivity contribution in [3.63, 3.8) is 0 Å². The molecule has 4 atom stereocenters. The molecule has 0 aromatic carbocycles. The summed E-state index contributed by atoms with van der Waals surface area (Å²) in [6.45, 7) is 0. The largest absolute Gasteiger partial charge is 0.178 e. The molecule has 2 saturated heterocycles. The summed E-state index contributed by atoms with van der Waals surface area (Å²) in [6, 6.07) is 0. The molecule has 0 saturated carbocycles. The van der Waals surface area contributed by atoms with Crippen LogP contribution in [-0.4, -0.2) is 65.5 Å². The standard InChI is InChI=1S/C12H22S8/c1-14-3-10-5-18-12(20-10)7-16-8-15-6-11-17-4-9(2-13)19-11/h9-13H,2-8H2,1H3. The maximum Gasteiger partial charge on any atom is 0.0596 e. The van der Waals surface area contributed by atoms with Gasteiger partial charge >= 0.3 is 0 Å². The highest BCUT2D eigenvalue weighted by Gasteiger charge is 2.26. The molecule has 118 valence electrons. The van der Waals surface area contributed by atoms with Crippen LogP contribution in [-0.2, 0) is 0 Å². The third kappa shape index (κ3) is 7.14. The molecule has 0 aliphatic carbocycles. The Balaban J connectivity index is 1.44. The second kappa shape index (κ2) is 11.4. The molecule has 0 spiro atoms. The fourth-order valence-electron chi connectivity index (χ4n) is 1.91. The lowest BCUT2D eigenvalue weighted by Crippen LogP contribution is -2.05. The minimum absolute atomic E-state index is 0.793. The predicted octanol–water partition coefficient (Wildman–Crippen LogP) is 5.05. The first-order chi connectivity index (χ1) is 9.81. The van der Waals surface area contributed by atoms with E-state index in [2.05, 4.69) is 89.5 Å². The van der Waals surface area contributed by atoms with E-state index in [1.54, 1.807) is 0 Å². The van der Waals surface area contributed by atoms with E-state index in [4.69, 9.17) is 0 Å². The molecule has 2 fully saturated rings. The number of thiol groups is 1. The van der Waals surface area contributed by atoms with Crippen LogP contribution in [0, 0.1) is 0 Å². The summed E-state index contributed by atoms with van der Waals surface area (Å²) in [5, 5.41) is 2.97.